The number of aliphatic hydroxyl groups is 1. The number of aromatic nitrogens is 1. The summed E-state index contributed by atoms with van der Waals surface area (Å²) in [5.74, 6) is 0.301. The van der Waals surface area contributed by atoms with E-state index in [0.29, 0.717) is 33.5 Å². The van der Waals surface area contributed by atoms with Gasteiger partial charge in [-0.15, -0.1) is 0 Å². The molecule has 1 aliphatic rings. The quantitative estimate of drug-likeness (QED) is 0.617. The maximum atomic E-state index is 13.2. The number of fused-ring (bicyclic) bond motifs is 1. The first kappa shape index (κ1) is 19.7. The summed E-state index contributed by atoms with van der Waals surface area (Å²) in [5, 5.41) is 14.5. The lowest BCUT2D eigenvalue weighted by Gasteiger charge is -2.20. The van der Waals surface area contributed by atoms with Gasteiger partial charge >= 0.3 is 0 Å². The van der Waals surface area contributed by atoms with Gasteiger partial charge in [-0.05, 0) is 42.3 Å². The Balaban J connectivity index is 1.52. The van der Waals surface area contributed by atoms with Crippen molar-refractivity contribution in [2.75, 3.05) is 23.3 Å². The Morgan fingerprint density at radius 1 is 1.17 bits per heavy atom. The highest BCUT2D eigenvalue weighted by Crippen LogP contribution is 2.30. The molecule has 0 radical (unpaired) electrons. The molecule has 4 rings (SSSR count). The van der Waals surface area contributed by atoms with E-state index in [1.54, 1.807) is 41.4 Å². The first-order valence-corrected chi connectivity index (χ1v) is 10.0. The third-order valence-electron chi connectivity index (χ3n) is 4.95. The van der Waals surface area contributed by atoms with Crippen LogP contribution in [-0.2, 0) is 6.42 Å². The third-order valence-corrected chi connectivity index (χ3v) is 5.52. The Hall–Kier alpha value is -2.60. The van der Waals surface area contributed by atoms with Crippen molar-refractivity contribution in [3.05, 3.63) is 87.5 Å². The van der Waals surface area contributed by atoms with Crippen LogP contribution < -0.4 is 10.2 Å². The first-order chi connectivity index (χ1) is 14.0. The molecule has 1 amide bonds. The molecule has 5 nitrogen and oxygen atoms in total. The molecule has 1 aliphatic heterocycles. The van der Waals surface area contributed by atoms with Crippen LogP contribution in [0.2, 0.25) is 10.0 Å². The van der Waals surface area contributed by atoms with Gasteiger partial charge in [0.05, 0.1) is 11.7 Å². The van der Waals surface area contributed by atoms with Crippen LogP contribution >= 0.6 is 23.2 Å². The fraction of sp³-hybridized carbons (Fsp3) is 0.182. The fourth-order valence-electron chi connectivity index (χ4n) is 3.49. The number of halogens is 2. The zero-order valence-electron chi connectivity index (χ0n) is 15.5. The minimum absolute atomic E-state index is 0.121. The van der Waals surface area contributed by atoms with Crippen molar-refractivity contribution in [2.24, 2.45) is 0 Å². The molecule has 2 heterocycles. The molecule has 0 bridgehead atoms. The van der Waals surface area contributed by atoms with Gasteiger partial charge in [0, 0.05) is 40.6 Å². The summed E-state index contributed by atoms with van der Waals surface area (Å²) in [4.78, 5) is 19.3. The van der Waals surface area contributed by atoms with E-state index in [2.05, 4.69) is 10.3 Å². The third kappa shape index (κ3) is 4.08. The van der Waals surface area contributed by atoms with E-state index in [9.17, 15) is 9.90 Å². The van der Waals surface area contributed by atoms with Gasteiger partial charge < -0.3 is 15.3 Å². The van der Waals surface area contributed by atoms with Crippen molar-refractivity contribution < 1.29 is 9.90 Å². The van der Waals surface area contributed by atoms with E-state index in [1.165, 1.54) is 0 Å². The topological polar surface area (TPSA) is 65.5 Å². The normalized spacial score (nSPS) is 13.8. The van der Waals surface area contributed by atoms with Crippen molar-refractivity contribution in [1.82, 2.24) is 4.98 Å². The van der Waals surface area contributed by atoms with Gasteiger partial charge in [-0.3, -0.25) is 4.79 Å². The van der Waals surface area contributed by atoms with E-state index >= 15 is 0 Å². The molecule has 0 aliphatic carbocycles. The number of benzene rings is 2. The number of carbonyl (C=O) groups is 1. The smallest absolute Gasteiger partial charge is 0.262 e. The molecular formula is C22H19Cl2N3O2. The minimum Gasteiger partial charge on any atom is -0.387 e. The number of hydrogen-bond acceptors (Lipinski definition) is 4. The van der Waals surface area contributed by atoms with E-state index in [-0.39, 0.29) is 12.5 Å². The van der Waals surface area contributed by atoms with Crippen LogP contribution in [0.3, 0.4) is 0 Å². The average Bonchev–Trinajstić information content (AvgIpc) is 3.16. The monoisotopic (exact) mass is 427 g/mol. The van der Waals surface area contributed by atoms with Crippen LogP contribution in [0.1, 0.15) is 27.6 Å². The lowest BCUT2D eigenvalue weighted by molar-refractivity contribution is 0.0989. The highest BCUT2D eigenvalue weighted by atomic mass is 35.5. The van der Waals surface area contributed by atoms with Crippen LogP contribution in [0.15, 0.2) is 60.8 Å². The second kappa shape index (κ2) is 8.41. The molecule has 29 heavy (non-hydrogen) atoms. The van der Waals surface area contributed by atoms with Crippen molar-refractivity contribution >= 4 is 40.6 Å². The van der Waals surface area contributed by atoms with Gasteiger partial charge in [0.15, 0.2) is 0 Å². The Kier molecular flexibility index (Phi) is 5.72. The molecule has 7 heteroatoms. The lowest BCUT2D eigenvalue weighted by Crippen LogP contribution is -2.30. The molecule has 148 valence electrons. The molecule has 1 unspecified atom stereocenters. The van der Waals surface area contributed by atoms with E-state index in [1.807, 2.05) is 24.3 Å². The summed E-state index contributed by atoms with van der Waals surface area (Å²) < 4.78 is 0. The molecule has 1 atom stereocenters. The highest BCUT2D eigenvalue weighted by molar-refractivity contribution is 6.35. The Bertz CT molecular complexity index is 1060. The number of hydrogen-bond donors (Lipinski definition) is 2. The summed E-state index contributed by atoms with van der Waals surface area (Å²) in [6, 6.07) is 16.3. The number of carbonyl (C=O) groups excluding carboxylic acids is 1. The number of rotatable bonds is 5. The Labute approximate surface area is 178 Å². The Morgan fingerprint density at radius 2 is 2.00 bits per heavy atom. The predicted molar refractivity (Wildman–Crippen MR) is 116 cm³/mol. The zero-order chi connectivity index (χ0) is 20.4. The number of anilines is 2. The standard InChI is InChI=1S/C22H19Cl2N3O2/c23-15-7-8-16(18(24)12-15)20(28)13-26-21-17(5-3-10-25-21)22(29)27-11-9-14-4-1-2-6-19(14)27/h1-8,10,12,20,28H,9,11,13H2,(H,25,26). The molecule has 3 aromatic rings. The van der Waals surface area contributed by atoms with Crippen molar-refractivity contribution in [3.8, 4) is 0 Å². The second-order valence-corrected chi connectivity index (χ2v) is 7.64. The van der Waals surface area contributed by atoms with Gasteiger partial charge in [-0.25, -0.2) is 4.98 Å². The number of amides is 1. The van der Waals surface area contributed by atoms with E-state index < -0.39 is 6.10 Å². The second-order valence-electron chi connectivity index (χ2n) is 6.80. The molecule has 0 fully saturated rings. The number of para-hydroxylation sites is 1. The minimum atomic E-state index is -0.878. The van der Waals surface area contributed by atoms with Gasteiger partial charge in [-0.1, -0.05) is 47.5 Å². The molecule has 2 aromatic carbocycles. The molecule has 2 N–H and O–H groups in total. The van der Waals surface area contributed by atoms with Crippen LogP contribution in [0, 0.1) is 0 Å². The maximum Gasteiger partial charge on any atom is 0.262 e. The van der Waals surface area contributed by atoms with Crippen molar-refractivity contribution in [3.63, 3.8) is 0 Å². The lowest BCUT2D eigenvalue weighted by atomic mass is 10.1. The summed E-state index contributed by atoms with van der Waals surface area (Å²) in [7, 11) is 0. The number of aliphatic hydroxyl groups excluding tert-OH is 1. The summed E-state index contributed by atoms with van der Waals surface area (Å²) in [6.45, 7) is 0.782. The molecular weight excluding hydrogens is 409 g/mol. The van der Waals surface area contributed by atoms with Crippen LogP contribution in [-0.4, -0.2) is 29.1 Å². The van der Waals surface area contributed by atoms with Crippen molar-refractivity contribution in [1.29, 1.82) is 0 Å². The van der Waals surface area contributed by atoms with Crippen LogP contribution in [0.25, 0.3) is 0 Å². The van der Waals surface area contributed by atoms with Crippen LogP contribution in [0.4, 0.5) is 11.5 Å². The molecule has 0 saturated heterocycles. The SMILES string of the molecule is O=C(c1cccnc1NCC(O)c1ccc(Cl)cc1Cl)N1CCc2ccccc21. The van der Waals surface area contributed by atoms with Crippen molar-refractivity contribution in [2.45, 2.75) is 12.5 Å². The predicted octanol–water partition coefficient (Wildman–Crippen LogP) is 4.74. The van der Waals surface area contributed by atoms with Gasteiger partial charge in [0.25, 0.3) is 5.91 Å². The van der Waals surface area contributed by atoms with Gasteiger partial charge in [-0.2, -0.15) is 0 Å². The summed E-state index contributed by atoms with van der Waals surface area (Å²) in [5.41, 5.74) is 3.10. The number of pyridine rings is 1. The highest BCUT2D eigenvalue weighted by Gasteiger charge is 2.27. The fourth-order valence-corrected chi connectivity index (χ4v) is 4.02. The first-order valence-electron chi connectivity index (χ1n) is 9.26. The van der Waals surface area contributed by atoms with E-state index in [4.69, 9.17) is 23.2 Å². The largest absolute Gasteiger partial charge is 0.387 e. The van der Waals surface area contributed by atoms with E-state index in [0.717, 1.165) is 17.7 Å². The van der Waals surface area contributed by atoms with Gasteiger partial charge in [0.1, 0.15) is 5.82 Å². The average molecular weight is 428 g/mol. The van der Waals surface area contributed by atoms with Crippen LogP contribution in [0.5, 0.6) is 0 Å². The number of nitrogens with zero attached hydrogens (tertiary/aromatic N) is 2. The summed E-state index contributed by atoms with van der Waals surface area (Å²) in [6.07, 6.45) is 1.56. The molecule has 1 aromatic heterocycles. The van der Waals surface area contributed by atoms with Gasteiger partial charge in [0.2, 0.25) is 0 Å². The Morgan fingerprint density at radius 3 is 2.83 bits per heavy atom. The molecule has 0 saturated carbocycles. The maximum absolute atomic E-state index is 13.2. The molecule has 0 spiro atoms. The zero-order valence-corrected chi connectivity index (χ0v) is 17.0. The number of nitrogens with one attached hydrogen (secondary N) is 1. The summed E-state index contributed by atoms with van der Waals surface area (Å²) >= 11 is 12.1.